The lowest BCUT2D eigenvalue weighted by atomic mass is 9.86. The minimum atomic E-state index is 0.443. The lowest BCUT2D eigenvalue weighted by Crippen LogP contribution is -2.40. The van der Waals surface area contributed by atoms with Crippen LogP contribution in [0.3, 0.4) is 0 Å². The van der Waals surface area contributed by atoms with Crippen LogP contribution in [0.15, 0.2) is 36.9 Å². The Morgan fingerprint density at radius 1 is 1.19 bits per heavy atom. The van der Waals surface area contributed by atoms with Crippen molar-refractivity contribution in [2.45, 2.75) is 32.4 Å². The fourth-order valence-corrected chi connectivity index (χ4v) is 4.54. The molecule has 1 fully saturated rings. The molecule has 0 spiro atoms. The summed E-state index contributed by atoms with van der Waals surface area (Å²) in [5.74, 6) is 0.609. The Morgan fingerprint density at radius 3 is 2.81 bits per heavy atom. The van der Waals surface area contributed by atoms with E-state index in [9.17, 15) is 0 Å². The van der Waals surface area contributed by atoms with Crippen molar-refractivity contribution in [1.82, 2.24) is 29.0 Å². The SMILES string of the molecule is Cc1ccc2nc(CN(C)C[C@@H]3CCCN(C)[C@H]3c3cnn(C)c3)cn2c1. The Kier molecular flexibility index (Phi) is 5.02. The first-order valence-corrected chi connectivity index (χ1v) is 9.81. The van der Waals surface area contributed by atoms with E-state index in [2.05, 4.69) is 71.0 Å². The molecule has 1 aliphatic heterocycles. The second-order valence-electron chi connectivity index (χ2n) is 8.18. The summed E-state index contributed by atoms with van der Waals surface area (Å²) in [5.41, 5.74) is 4.74. The molecule has 3 aromatic rings. The van der Waals surface area contributed by atoms with Gasteiger partial charge in [0.1, 0.15) is 5.65 Å². The lowest BCUT2D eigenvalue weighted by Gasteiger charge is -2.40. The summed E-state index contributed by atoms with van der Waals surface area (Å²) in [6.45, 7) is 5.21. The van der Waals surface area contributed by atoms with Gasteiger partial charge in [0.2, 0.25) is 0 Å². The van der Waals surface area contributed by atoms with E-state index < -0.39 is 0 Å². The Labute approximate surface area is 161 Å². The lowest BCUT2D eigenvalue weighted by molar-refractivity contribution is 0.0923. The summed E-state index contributed by atoms with van der Waals surface area (Å²) in [6, 6.07) is 4.65. The average molecular weight is 367 g/mol. The molecule has 4 heterocycles. The Morgan fingerprint density at radius 2 is 2.04 bits per heavy atom. The highest BCUT2D eigenvalue weighted by molar-refractivity contribution is 5.41. The number of nitrogens with zero attached hydrogens (tertiary/aromatic N) is 6. The van der Waals surface area contributed by atoms with Crippen LogP contribution in [0.5, 0.6) is 0 Å². The molecule has 27 heavy (non-hydrogen) atoms. The van der Waals surface area contributed by atoms with Crippen LogP contribution in [0.2, 0.25) is 0 Å². The van der Waals surface area contributed by atoms with E-state index in [1.807, 2.05) is 17.9 Å². The monoisotopic (exact) mass is 366 g/mol. The van der Waals surface area contributed by atoms with E-state index in [1.165, 1.54) is 24.0 Å². The summed E-state index contributed by atoms with van der Waals surface area (Å²) >= 11 is 0. The summed E-state index contributed by atoms with van der Waals surface area (Å²) in [6.07, 6.45) is 11.0. The number of likely N-dealkylation sites (tertiary alicyclic amines) is 1. The number of hydrogen-bond donors (Lipinski definition) is 0. The zero-order chi connectivity index (χ0) is 19.0. The Bertz CT molecular complexity index is 910. The number of imidazole rings is 1. The molecule has 6 nitrogen and oxygen atoms in total. The molecule has 6 heteroatoms. The number of aromatic nitrogens is 4. The number of hydrogen-bond acceptors (Lipinski definition) is 4. The quantitative estimate of drug-likeness (QED) is 0.696. The molecule has 1 aliphatic rings. The summed E-state index contributed by atoms with van der Waals surface area (Å²) < 4.78 is 4.04. The fraction of sp³-hybridized carbons (Fsp3) is 0.524. The van der Waals surface area contributed by atoms with Gasteiger partial charge in [-0.3, -0.25) is 9.58 Å². The first-order chi connectivity index (χ1) is 13.0. The van der Waals surface area contributed by atoms with Crippen molar-refractivity contribution in [3.8, 4) is 0 Å². The first-order valence-electron chi connectivity index (χ1n) is 9.81. The maximum atomic E-state index is 4.78. The number of piperidine rings is 1. The van der Waals surface area contributed by atoms with Crippen molar-refractivity contribution in [3.05, 3.63) is 53.7 Å². The van der Waals surface area contributed by atoms with E-state index in [0.29, 0.717) is 12.0 Å². The third kappa shape index (κ3) is 3.92. The molecule has 0 saturated carbocycles. The van der Waals surface area contributed by atoms with Crippen molar-refractivity contribution in [2.75, 3.05) is 27.2 Å². The molecule has 0 aromatic carbocycles. The molecular formula is C21H30N6. The zero-order valence-corrected chi connectivity index (χ0v) is 16.8. The van der Waals surface area contributed by atoms with Gasteiger partial charge in [-0.1, -0.05) is 6.07 Å². The maximum Gasteiger partial charge on any atom is 0.137 e. The topological polar surface area (TPSA) is 41.6 Å². The standard InChI is InChI=1S/C21H30N6/c1-16-7-8-20-23-19(15-27(20)11-16)14-24(2)12-17-6-5-9-25(3)21(17)18-10-22-26(4)13-18/h7-8,10-11,13,15,17,21H,5-6,9,12,14H2,1-4H3/t17-,21+/m0/s1. The Hall–Kier alpha value is -2.18. The van der Waals surface area contributed by atoms with Crippen molar-refractivity contribution >= 4 is 5.65 Å². The van der Waals surface area contributed by atoms with Gasteiger partial charge in [0.05, 0.1) is 11.9 Å². The predicted molar refractivity (Wildman–Crippen MR) is 108 cm³/mol. The van der Waals surface area contributed by atoms with E-state index in [0.717, 1.165) is 31.0 Å². The number of aryl methyl sites for hydroxylation is 2. The predicted octanol–water partition coefficient (Wildman–Crippen LogP) is 2.89. The molecule has 0 amide bonds. The van der Waals surface area contributed by atoms with Crippen LogP contribution in [-0.2, 0) is 13.6 Å². The first kappa shape index (κ1) is 18.2. The van der Waals surface area contributed by atoms with Gasteiger partial charge in [0.25, 0.3) is 0 Å². The highest BCUT2D eigenvalue weighted by Crippen LogP contribution is 2.35. The average Bonchev–Trinajstić information content (AvgIpc) is 3.20. The molecule has 1 saturated heterocycles. The molecule has 2 atom stereocenters. The number of fused-ring (bicyclic) bond motifs is 1. The minimum Gasteiger partial charge on any atom is -0.307 e. The maximum absolute atomic E-state index is 4.78. The van der Waals surface area contributed by atoms with Crippen molar-refractivity contribution in [1.29, 1.82) is 0 Å². The van der Waals surface area contributed by atoms with Crippen LogP contribution in [-0.4, -0.2) is 56.1 Å². The highest BCUT2D eigenvalue weighted by atomic mass is 15.3. The molecule has 0 bridgehead atoms. The van der Waals surface area contributed by atoms with Gasteiger partial charge in [0.15, 0.2) is 0 Å². The minimum absolute atomic E-state index is 0.443. The van der Waals surface area contributed by atoms with Crippen LogP contribution >= 0.6 is 0 Å². The van der Waals surface area contributed by atoms with Gasteiger partial charge in [-0.25, -0.2) is 4.98 Å². The highest BCUT2D eigenvalue weighted by Gasteiger charge is 2.32. The van der Waals surface area contributed by atoms with Crippen LogP contribution in [0.1, 0.15) is 35.7 Å². The molecule has 0 N–H and O–H groups in total. The smallest absolute Gasteiger partial charge is 0.137 e. The second-order valence-corrected chi connectivity index (χ2v) is 8.18. The molecular weight excluding hydrogens is 336 g/mol. The molecule has 0 radical (unpaired) electrons. The molecule has 0 aliphatic carbocycles. The van der Waals surface area contributed by atoms with E-state index in [4.69, 9.17) is 4.98 Å². The van der Waals surface area contributed by atoms with Gasteiger partial charge >= 0.3 is 0 Å². The number of pyridine rings is 1. The van der Waals surface area contributed by atoms with Gasteiger partial charge in [-0.05, 0) is 58.0 Å². The zero-order valence-electron chi connectivity index (χ0n) is 16.8. The second kappa shape index (κ2) is 7.44. The van der Waals surface area contributed by atoms with Crippen LogP contribution in [0, 0.1) is 12.8 Å². The van der Waals surface area contributed by atoms with Crippen LogP contribution < -0.4 is 0 Å². The number of rotatable bonds is 5. The third-order valence-electron chi connectivity index (χ3n) is 5.70. The van der Waals surface area contributed by atoms with E-state index >= 15 is 0 Å². The Balaban J connectivity index is 1.47. The van der Waals surface area contributed by atoms with Crippen molar-refractivity contribution < 1.29 is 0 Å². The summed E-state index contributed by atoms with van der Waals surface area (Å²) in [5, 5.41) is 4.40. The normalized spacial score (nSPS) is 21.4. The largest absolute Gasteiger partial charge is 0.307 e. The summed E-state index contributed by atoms with van der Waals surface area (Å²) in [7, 11) is 6.46. The van der Waals surface area contributed by atoms with Gasteiger partial charge in [0, 0.05) is 50.3 Å². The van der Waals surface area contributed by atoms with E-state index in [-0.39, 0.29) is 0 Å². The summed E-state index contributed by atoms with van der Waals surface area (Å²) in [4.78, 5) is 9.69. The molecule has 144 valence electrons. The van der Waals surface area contributed by atoms with Crippen LogP contribution in [0.4, 0.5) is 0 Å². The van der Waals surface area contributed by atoms with E-state index in [1.54, 1.807) is 0 Å². The van der Waals surface area contributed by atoms with Gasteiger partial charge in [-0.2, -0.15) is 5.10 Å². The fourth-order valence-electron chi connectivity index (χ4n) is 4.54. The van der Waals surface area contributed by atoms with Crippen molar-refractivity contribution in [2.24, 2.45) is 13.0 Å². The molecule has 4 rings (SSSR count). The van der Waals surface area contributed by atoms with Gasteiger partial charge in [-0.15, -0.1) is 0 Å². The third-order valence-corrected chi connectivity index (χ3v) is 5.70. The molecule has 0 unspecified atom stereocenters. The van der Waals surface area contributed by atoms with Crippen LogP contribution in [0.25, 0.3) is 5.65 Å². The molecule has 3 aromatic heterocycles. The van der Waals surface area contributed by atoms with Crippen molar-refractivity contribution in [3.63, 3.8) is 0 Å². The van der Waals surface area contributed by atoms with Gasteiger partial charge < -0.3 is 9.30 Å².